The van der Waals surface area contributed by atoms with Crippen LogP contribution in [0.15, 0.2) is 46.9 Å². The number of nitrogens with two attached hydrogens (primary N) is 1. The first-order valence-corrected chi connectivity index (χ1v) is 6.35. The SMILES string of the molecule is Nc1ccc(OCc2ccc(Br)cc2)c(C(=O)O)c1. The van der Waals surface area contributed by atoms with E-state index in [1.54, 1.807) is 12.1 Å². The Bertz CT molecular complexity index is 596. The maximum atomic E-state index is 11.1. The van der Waals surface area contributed by atoms with Crippen LogP contribution in [0.5, 0.6) is 5.75 Å². The molecular formula is C14H12BrNO3. The number of anilines is 1. The second-order valence-electron chi connectivity index (χ2n) is 3.98. The van der Waals surface area contributed by atoms with Gasteiger partial charge in [-0.25, -0.2) is 4.79 Å². The minimum Gasteiger partial charge on any atom is -0.488 e. The third-order valence-electron chi connectivity index (χ3n) is 2.54. The molecule has 0 fully saturated rings. The Morgan fingerprint density at radius 3 is 2.53 bits per heavy atom. The van der Waals surface area contributed by atoms with Gasteiger partial charge in [-0.05, 0) is 35.9 Å². The number of nitrogen functional groups attached to an aromatic ring is 1. The highest BCUT2D eigenvalue weighted by atomic mass is 79.9. The molecule has 0 heterocycles. The number of rotatable bonds is 4. The van der Waals surface area contributed by atoms with Crippen LogP contribution in [-0.4, -0.2) is 11.1 Å². The molecule has 0 saturated carbocycles. The zero-order valence-electron chi connectivity index (χ0n) is 9.97. The summed E-state index contributed by atoms with van der Waals surface area (Å²) < 4.78 is 6.51. The van der Waals surface area contributed by atoms with Crippen LogP contribution in [-0.2, 0) is 6.61 Å². The topological polar surface area (TPSA) is 72.5 Å². The number of halogens is 1. The maximum absolute atomic E-state index is 11.1. The molecule has 0 aliphatic heterocycles. The second kappa shape index (κ2) is 5.75. The van der Waals surface area contributed by atoms with Gasteiger partial charge in [0.2, 0.25) is 0 Å². The summed E-state index contributed by atoms with van der Waals surface area (Å²) in [7, 11) is 0. The Morgan fingerprint density at radius 1 is 1.21 bits per heavy atom. The normalized spacial score (nSPS) is 10.2. The highest BCUT2D eigenvalue weighted by Crippen LogP contribution is 2.22. The van der Waals surface area contributed by atoms with Gasteiger partial charge in [-0.2, -0.15) is 0 Å². The molecule has 2 aromatic rings. The molecule has 5 heteroatoms. The lowest BCUT2D eigenvalue weighted by Crippen LogP contribution is -2.04. The summed E-state index contributed by atoms with van der Waals surface area (Å²) in [5.74, 6) is -0.747. The van der Waals surface area contributed by atoms with E-state index < -0.39 is 5.97 Å². The molecular weight excluding hydrogens is 310 g/mol. The minimum atomic E-state index is -1.06. The van der Waals surface area contributed by atoms with Crippen molar-refractivity contribution in [3.63, 3.8) is 0 Å². The summed E-state index contributed by atoms with van der Waals surface area (Å²) in [6.45, 7) is 0.303. The molecule has 0 aromatic heterocycles. The molecule has 3 N–H and O–H groups in total. The van der Waals surface area contributed by atoms with Crippen molar-refractivity contribution < 1.29 is 14.6 Å². The van der Waals surface area contributed by atoms with Gasteiger partial charge in [0.15, 0.2) is 0 Å². The van der Waals surface area contributed by atoms with Crippen molar-refractivity contribution >= 4 is 27.6 Å². The number of benzene rings is 2. The number of carbonyl (C=O) groups is 1. The number of carboxylic acids is 1. The Labute approximate surface area is 118 Å². The lowest BCUT2D eigenvalue weighted by atomic mass is 10.2. The average Bonchev–Trinajstić information content (AvgIpc) is 2.39. The van der Waals surface area contributed by atoms with E-state index >= 15 is 0 Å². The van der Waals surface area contributed by atoms with Gasteiger partial charge in [0, 0.05) is 10.2 Å². The fraction of sp³-hybridized carbons (Fsp3) is 0.0714. The number of hydrogen-bond donors (Lipinski definition) is 2. The lowest BCUT2D eigenvalue weighted by Gasteiger charge is -2.10. The average molecular weight is 322 g/mol. The molecule has 0 bridgehead atoms. The maximum Gasteiger partial charge on any atom is 0.339 e. The largest absolute Gasteiger partial charge is 0.488 e. The first-order chi connectivity index (χ1) is 9.06. The third-order valence-corrected chi connectivity index (χ3v) is 3.07. The van der Waals surface area contributed by atoms with Crippen molar-refractivity contribution in [2.75, 3.05) is 5.73 Å². The lowest BCUT2D eigenvalue weighted by molar-refractivity contribution is 0.0692. The van der Waals surface area contributed by atoms with Crippen molar-refractivity contribution in [2.24, 2.45) is 0 Å². The van der Waals surface area contributed by atoms with E-state index in [1.165, 1.54) is 6.07 Å². The first-order valence-electron chi connectivity index (χ1n) is 5.56. The Morgan fingerprint density at radius 2 is 1.89 bits per heavy atom. The van der Waals surface area contributed by atoms with E-state index in [-0.39, 0.29) is 5.56 Å². The molecule has 0 radical (unpaired) electrons. The van der Waals surface area contributed by atoms with Crippen molar-refractivity contribution in [2.45, 2.75) is 6.61 Å². The van der Waals surface area contributed by atoms with Crippen LogP contribution in [0.2, 0.25) is 0 Å². The predicted octanol–water partition coefficient (Wildman–Crippen LogP) is 3.31. The molecule has 2 aromatic carbocycles. The van der Waals surface area contributed by atoms with Gasteiger partial charge < -0.3 is 15.6 Å². The van der Waals surface area contributed by atoms with E-state index in [2.05, 4.69) is 15.9 Å². The predicted molar refractivity (Wildman–Crippen MR) is 76.3 cm³/mol. The zero-order chi connectivity index (χ0) is 13.8. The standard InChI is InChI=1S/C14H12BrNO3/c15-10-3-1-9(2-4-10)8-19-13-6-5-11(16)7-12(13)14(17)18/h1-7H,8,16H2,(H,17,18). The van der Waals surface area contributed by atoms with E-state index in [9.17, 15) is 4.79 Å². The molecule has 2 rings (SSSR count). The van der Waals surface area contributed by atoms with Crippen LogP contribution in [0, 0.1) is 0 Å². The first kappa shape index (κ1) is 13.4. The monoisotopic (exact) mass is 321 g/mol. The quantitative estimate of drug-likeness (QED) is 0.847. The van der Waals surface area contributed by atoms with Crippen LogP contribution in [0.25, 0.3) is 0 Å². The highest BCUT2D eigenvalue weighted by molar-refractivity contribution is 9.10. The van der Waals surface area contributed by atoms with Crippen LogP contribution in [0.1, 0.15) is 15.9 Å². The van der Waals surface area contributed by atoms with Gasteiger partial charge in [0.25, 0.3) is 0 Å². The summed E-state index contributed by atoms with van der Waals surface area (Å²) in [6.07, 6.45) is 0. The van der Waals surface area contributed by atoms with Crippen LogP contribution in [0.4, 0.5) is 5.69 Å². The molecule has 0 atom stereocenters. The van der Waals surface area contributed by atoms with Gasteiger partial charge in [-0.1, -0.05) is 28.1 Å². The van der Waals surface area contributed by atoms with E-state index in [0.29, 0.717) is 18.0 Å². The summed E-state index contributed by atoms with van der Waals surface area (Å²) in [6, 6.07) is 12.2. The van der Waals surface area contributed by atoms with Crippen LogP contribution in [0.3, 0.4) is 0 Å². The van der Waals surface area contributed by atoms with Gasteiger partial charge in [-0.3, -0.25) is 0 Å². The summed E-state index contributed by atoms with van der Waals surface area (Å²) in [5, 5.41) is 9.08. The number of carboxylic acid groups (broad SMARTS) is 1. The second-order valence-corrected chi connectivity index (χ2v) is 4.89. The summed E-state index contributed by atoms with van der Waals surface area (Å²) >= 11 is 3.35. The molecule has 98 valence electrons. The summed E-state index contributed by atoms with van der Waals surface area (Å²) in [4.78, 5) is 11.1. The van der Waals surface area contributed by atoms with Gasteiger partial charge >= 0.3 is 5.97 Å². The van der Waals surface area contributed by atoms with E-state index in [0.717, 1.165) is 10.0 Å². The molecule has 4 nitrogen and oxygen atoms in total. The fourth-order valence-electron chi connectivity index (χ4n) is 1.58. The van der Waals surface area contributed by atoms with Crippen molar-refractivity contribution in [3.05, 3.63) is 58.1 Å². The highest BCUT2D eigenvalue weighted by Gasteiger charge is 2.11. The van der Waals surface area contributed by atoms with Gasteiger partial charge in [0.1, 0.15) is 17.9 Å². The van der Waals surface area contributed by atoms with Crippen molar-refractivity contribution in [3.8, 4) is 5.75 Å². The third kappa shape index (κ3) is 3.48. The Hall–Kier alpha value is -2.01. The molecule has 0 aliphatic carbocycles. The Balaban J connectivity index is 2.15. The molecule has 19 heavy (non-hydrogen) atoms. The van der Waals surface area contributed by atoms with E-state index in [1.807, 2.05) is 24.3 Å². The number of ether oxygens (including phenoxy) is 1. The van der Waals surface area contributed by atoms with Crippen molar-refractivity contribution in [1.82, 2.24) is 0 Å². The number of hydrogen-bond acceptors (Lipinski definition) is 3. The van der Waals surface area contributed by atoms with Crippen LogP contribution < -0.4 is 10.5 Å². The van der Waals surface area contributed by atoms with Crippen LogP contribution >= 0.6 is 15.9 Å². The fourth-order valence-corrected chi connectivity index (χ4v) is 1.85. The molecule has 0 aliphatic rings. The summed E-state index contributed by atoms with van der Waals surface area (Å²) in [5.41, 5.74) is 6.98. The van der Waals surface area contributed by atoms with Crippen molar-refractivity contribution in [1.29, 1.82) is 0 Å². The van der Waals surface area contributed by atoms with E-state index in [4.69, 9.17) is 15.6 Å². The molecule has 0 amide bonds. The van der Waals surface area contributed by atoms with Gasteiger partial charge in [-0.15, -0.1) is 0 Å². The number of aromatic carboxylic acids is 1. The smallest absolute Gasteiger partial charge is 0.339 e. The molecule has 0 saturated heterocycles. The van der Waals surface area contributed by atoms with Gasteiger partial charge in [0.05, 0.1) is 0 Å². The molecule has 0 spiro atoms. The Kier molecular flexibility index (Phi) is 4.06. The molecule has 0 unspecified atom stereocenters. The minimum absolute atomic E-state index is 0.0668. The zero-order valence-corrected chi connectivity index (χ0v) is 11.6.